The van der Waals surface area contributed by atoms with E-state index in [0.29, 0.717) is 11.7 Å². The fraction of sp³-hybridized carbons (Fsp3) is 0.833. The lowest BCUT2D eigenvalue weighted by molar-refractivity contribution is 0.179. The normalized spacial score (nSPS) is 21.8. The van der Waals surface area contributed by atoms with E-state index in [0.717, 1.165) is 18.8 Å². The van der Waals surface area contributed by atoms with Gasteiger partial charge in [-0.2, -0.15) is 5.10 Å². The molecule has 0 aliphatic heterocycles. The number of nitrogens with one attached hydrogen (secondary N) is 2. The van der Waals surface area contributed by atoms with E-state index in [1.807, 2.05) is 6.92 Å². The molecule has 4 nitrogen and oxygen atoms in total. The Kier molecular flexibility index (Phi) is 6.44. The first-order chi connectivity index (χ1) is 8.11. The minimum atomic E-state index is 0.201. The van der Waals surface area contributed by atoms with Crippen molar-refractivity contribution in [1.29, 1.82) is 0 Å². The molecular formula is C12H23N3OS. The number of hydrogen-bond donors (Lipinski definition) is 2. The number of hydrazone groups is 1. The third kappa shape index (κ3) is 5.98. The van der Waals surface area contributed by atoms with E-state index in [4.69, 9.17) is 17.0 Å². The molecule has 0 radical (unpaired) electrons. The monoisotopic (exact) mass is 257 g/mol. The van der Waals surface area contributed by atoms with Crippen molar-refractivity contribution in [3.8, 4) is 0 Å². The van der Waals surface area contributed by atoms with Crippen molar-refractivity contribution < 1.29 is 4.74 Å². The van der Waals surface area contributed by atoms with Gasteiger partial charge < -0.3 is 10.1 Å². The van der Waals surface area contributed by atoms with Crippen LogP contribution >= 0.6 is 12.2 Å². The molecule has 1 fully saturated rings. The maximum absolute atomic E-state index is 5.15. The SMILES string of the molecule is COC[C@@H](C)NC(=S)NN=C1CCC(C)CC1. The maximum Gasteiger partial charge on any atom is 0.187 e. The second-order valence-electron chi connectivity index (χ2n) is 4.80. The lowest BCUT2D eigenvalue weighted by Crippen LogP contribution is -2.40. The van der Waals surface area contributed by atoms with Crippen molar-refractivity contribution in [2.24, 2.45) is 11.0 Å². The first-order valence-corrected chi connectivity index (χ1v) is 6.63. The molecule has 0 aromatic heterocycles. The lowest BCUT2D eigenvalue weighted by Gasteiger charge is -2.19. The van der Waals surface area contributed by atoms with Crippen LogP contribution in [0.4, 0.5) is 0 Å². The van der Waals surface area contributed by atoms with Gasteiger partial charge in [-0.1, -0.05) is 6.92 Å². The van der Waals surface area contributed by atoms with Crippen molar-refractivity contribution in [2.45, 2.75) is 45.6 Å². The fourth-order valence-electron chi connectivity index (χ4n) is 1.88. The average Bonchev–Trinajstić information content (AvgIpc) is 2.28. The van der Waals surface area contributed by atoms with Crippen LogP contribution in [0.3, 0.4) is 0 Å². The summed E-state index contributed by atoms with van der Waals surface area (Å²) in [4.78, 5) is 0. The van der Waals surface area contributed by atoms with Crippen molar-refractivity contribution in [3.63, 3.8) is 0 Å². The topological polar surface area (TPSA) is 45.6 Å². The van der Waals surface area contributed by atoms with Gasteiger partial charge in [-0.25, -0.2) is 0 Å². The molecule has 0 saturated heterocycles. The molecule has 0 amide bonds. The van der Waals surface area contributed by atoms with Crippen molar-refractivity contribution in [3.05, 3.63) is 0 Å². The number of nitrogens with zero attached hydrogens (tertiary/aromatic N) is 1. The third-order valence-corrected chi connectivity index (χ3v) is 3.17. The van der Waals surface area contributed by atoms with Crippen LogP contribution in [0.25, 0.3) is 0 Å². The molecule has 0 aromatic rings. The molecule has 98 valence electrons. The summed E-state index contributed by atoms with van der Waals surface area (Å²) in [5.41, 5.74) is 4.14. The highest BCUT2D eigenvalue weighted by Gasteiger charge is 2.13. The summed E-state index contributed by atoms with van der Waals surface area (Å²) < 4.78 is 5.03. The second kappa shape index (κ2) is 7.61. The second-order valence-corrected chi connectivity index (χ2v) is 5.21. The summed E-state index contributed by atoms with van der Waals surface area (Å²) in [7, 11) is 1.68. The molecule has 1 saturated carbocycles. The third-order valence-electron chi connectivity index (χ3n) is 2.96. The molecule has 1 atom stereocenters. The standard InChI is InChI=1S/C12H23N3OS/c1-9-4-6-11(7-5-9)14-15-12(17)13-10(2)8-16-3/h9-10H,4-8H2,1-3H3,(H2,13,15,17)/t9?,10-/m1/s1. The van der Waals surface area contributed by atoms with E-state index >= 15 is 0 Å². The summed E-state index contributed by atoms with van der Waals surface area (Å²) in [5.74, 6) is 0.834. The first kappa shape index (κ1) is 14.4. The van der Waals surface area contributed by atoms with Crippen LogP contribution in [-0.4, -0.2) is 30.6 Å². The van der Waals surface area contributed by atoms with Crippen LogP contribution in [-0.2, 0) is 4.74 Å². The van der Waals surface area contributed by atoms with Gasteiger partial charge in [0.05, 0.1) is 6.61 Å². The molecule has 0 heterocycles. The van der Waals surface area contributed by atoms with Gasteiger partial charge in [-0.3, -0.25) is 5.43 Å². The van der Waals surface area contributed by atoms with E-state index in [1.165, 1.54) is 18.6 Å². The van der Waals surface area contributed by atoms with E-state index in [-0.39, 0.29) is 6.04 Å². The summed E-state index contributed by atoms with van der Waals surface area (Å²) in [6.45, 7) is 4.95. The summed E-state index contributed by atoms with van der Waals surface area (Å²) in [6.07, 6.45) is 4.65. The molecule has 2 N–H and O–H groups in total. The molecular weight excluding hydrogens is 234 g/mol. The van der Waals surface area contributed by atoms with Gasteiger partial charge in [-0.15, -0.1) is 0 Å². The Hall–Kier alpha value is -0.680. The Bertz CT molecular complexity index is 271. The van der Waals surface area contributed by atoms with Gasteiger partial charge in [0.2, 0.25) is 0 Å². The minimum Gasteiger partial charge on any atom is -0.383 e. The van der Waals surface area contributed by atoms with Gasteiger partial charge in [0, 0.05) is 18.9 Å². The van der Waals surface area contributed by atoms with E-state index in [1.54, 1.807) is 7.11 Å². The van der Waals surface area contributed by atoms with Gasteiger partial charge in [0.15, 0.2) is 5.11 Å². The van der Waals surface area contributed by atoms with Crippen molar-refractivity contribution in [2.75, 3.05) is 13.7 Å². The van der Waals surface area contributed by atoms with Crippen LogP contribution in [0.15, 0.2) is 5.10 Å². The molecule has 1 rings (SSSR count). The molecule has 0 aromatic carbocycles. The number of methoxy groups -OCH3 is 1. The van der Waals surface area contributed by atoms with Crippen LogP contribution in [0.2, 0.25) is 0 Å². The largest absolute Gasteiger partial charge is 0.383 e. The Morgan fingerprint density at radius 2 is 2.18 bits per heavy atom. The maximum atomic E-state index is 5.15. The zero-order valence-electron chi connectivity index (χ0n) is 11.0. The molecule has 17 heavy (non-hydrogen) atoms. The van der Waals surface area contributed by atoms with Gasteiger partial charge in [-0.05, 0) is 50.7 Å². The minimum absolute atomic E-state index is 0.201. The van der Waals surface area contributed by atoms with E-state index in [2.05, 4.69) is 22.8 Å². The van der Waals surface area contributed by atoms with Crippen LogP contribution in [0.5, 0.6) is 0 Å². The fourth-order valence-corrected chi connectivity index (χ4v) is 2.13. The molecule has 5 heteroatoms. The molecule has 0 spiro atoms. The van der Waals surface area contributed by atoms with Gasteiger partial charge >= 0.3 is 0 Å². The highest BCUT2D eigenvalue weighted by molar-refractivity contribution is 7.80. The zero-order valence-corrected chi connectivity index (χ0v) is 11.8. The molecule has 0 bridgehead atoms. The highest BCUT2D eigenvalue weighted by atomic mass is 32.1. The first-order valence-electron chi connectivity index (χ1n) is 6.22. The summed E-state index contributed by atoms with van der Waals surface area (Å²) in [6, 6.07) is 0.201. The lowest BCUT2D eigenvalue weighted by atomic mass is 9.90. The van der Waals surface area contributed by atoms with E-state index in [9.17, 15) is 0 Å². The van der Waals surface area contributed by atoms with Gasteiger partial charge in [0.25, 0.3) is 0 Å². The number of hydrogen-bond acceptors (Lipinski definition) is 3. The van der Waals surface area contributed by atoms with Crippen molar-refractivity contribution >= 4 is 23.0 Å². The Morgan fingerprint density at radius 1 is 1.53 bits per heavy atom. The zero-order chi connectivity index (χ0) is 12.7. The quantitative estimate of drug-likeness (QED) is 0.598. The summed E-state index contributed by atoms with van der Waals surface area (Å²) in [5, 5.41) is 8.04. The number of rotatable bonds is 4. The molecule has 0 unspecified atom stereocenters. The van der Waals surface area contributed by atoms with Gasteiger partial charge in [0.1, 0.15) is 0 Å². The number of thiocarbonyl (C=S) groups is 1. The highest BCUT2D eigenvalue weighted by Crippen LogP contribution is 2.20. The summed E-state index contributed by atoms with van der Waals surface area (Å²) >= 11 is 5.15. The molecule has 1 aliphatic rings. The van der Waals surface area contributed by atoms with Crippen molar-refractivity contribution in [1.82, 2.24) is 10.7 Å². The number of ether oxygens (including phenoxy) is 1. The Morgan fingerprint density at radius 3 is 2.76 bits per heavy atom. The average molecular weight is 257 g/mol. The Balaban J connectivity index is 2.25. The molecule has 1 aliphatic carbocycles. The van der Waals surface area contributed by atoms with Crippen LogP contribution in [0, 0.1) is 5.92 Å². The van der Waals surface area contributed by atoms with Crippen LogP contribution < -0.4 is 10.7 Å². The Labute approximate surface area is 109 Å². The van der Waals surface area contributed by atoms with Crippen LogP contribution in [0.1, 0.15) is 39.5 Å². The van der Waals surface area contributed by atoms with E-state index < -0.39 is 0 Å². The smallest absolute Gasteiger partial charge is 0.187 e. The predicted molar refractivity (Wildman–Crippen MR) is 75.3 cm³/mol. The predicted octanol–water partition coefficient (Wildman–Crippen LogP) is 2.05.